The van der Waals surface area contributed by atoms with Gasteiger partial charge in [0.25, 0.3) is 0 Å². The Balaban J connectivity index is 2.12. The van der Waals surface area contributed by atoms with Crippen molar-refractivity contribution in [3.8, 4) is 12.3 Å². The fourth-order valence-corrected chi connectivity index (χ4v) is 1.88. The topological polar surface area (TPSA) is 74.3 Å². The van der Waals surface area contributed by atoms with Gasteiger partial charge in [0.15, 0.2) is 0 Å². The first-order valence-electron chi connectivity index (χ1n) is 5.81. The predicted octanol–water partition coefficient (Wildman–Crippen LogP) is 1.32. The molecule has 2 aromatic rings. The van der Waals surface area contributed by atoms with E-state index in [0.717, 1.165) is 16.5 Å². The standard InChI is InChI=1S/C14H14N2O3/c1-2-7-19-16-13(14(17)18)8-10-9-15-12-6-4-3-5-11(10)12/h1,3-6,9,13,15-16H,7-8H2,(H,17,18). The van der Waals surface area contributed by atoms with Crippen LogP contribution in [0.25, 0.3) is 10.9 Å². The van der Waals surface area contributed by atoms with Gasteiger partial charge in [-0.15, -0.1) is 6.42 Å². The van der Waals surface area contributed by atoms with E-state index in [1.807, 2.05) is 30.5 Å². The van der Waals surface area contributed by atoms with Crippen LogP contribution in [0.2, 0.25) is 0 Å². The summed E-state index contributed by atoms with van der Waals surface area (Å²) < 4.78 is 0. The van der Waals surface area contributed by atoms with Crippen LogP contribution in [0.5, 0.6) is 0 Å². The second kappa shape index (κ2) is 6.05. The molecule has 19 heavy (non-hydrogen) atoms. The maximum absolute atomic E-state index is 11.2. The van der Waals surface area contributed by atoms with E-state index in [-0.39, 0.29) is 6.61 Å². The smallest absolute Gasteiger partial charge is 0.323 e. The molecule has 1 aromatic carbocycles. The number of benzene rings is 1. The number of aromatic nitrogens is 1. The molecule has 2 rings (SSSR count). The molecule has 0 aliphatic rings. The van der Waals surface area contributed by atoms with Gasteiger partial charge < -0.3 is 10.1 Å². The molecule has 0 radical (unpaired) electrons. The number of fused-ring (bicyclic) bond motifs is 1. The highest BCUT2D eigenvalue weighted by atomic mass is 16.6. The number of aromatic amines is 1. The molecule has 98 valence electrons. The number of aliphatic carboxylic acids is 1. The SMILES string of the molecule is C#CCONC(Cc1c[nH]c2ccccc12)C(=O)O. The summed E-state index contributed by atoms with van der Waals surface area (Å²) in [6, 6.07) is 6.88. The molecule has 0 saturated heterocycles. The fourth-order valence-electron chi connectivity index (χ4n) is 1.88. The van der Waals surface area contributed by atoms with Crippen LogP contribution in [-0.4, -0.2) is 28.7 Å². The van der Waals surface area contributed by atoms with E-state index in [9.17, 15) is 4.79 Å². The van der Waals surface area contributed by atoms with Crippen LogP contribution in [0.3, 0.4) is 0 Å². The van der Waals surface area contributed by atoms with Crippen molar-refractivity contribution in [1.29, 1.82) is 0 Å². The highest BCUT2D eigenvalue weighted by Crippen LogP contribution is 2.19. The molecule has 5 heteroatoms. The molecule has 1 atom stereocenters. The second-order valence-corrected chi connectivity index (χ2v) is 4.07. The monoisotopic (exact) mass is 258 g/mol. The van der Waals surface area contributed by atoms with E-state index in [4.69, 9.17) is 16.4 Å². The lowest BCUT2D eigenvalue weighted by atomic mass is 10.1. The van der Waals surface area contributed by atoms with Crippen molar-refractivity contribution in [2.75, 3.05) is 6.61 Å². The average Bonchev–Trinajstić information content (AvgIpc) is 2.81. The third kappa shape index (κ3) is 3.13. The molecule has 0 aliphatic carbocycles. The normalized spacial score (nSPS) is 12.2. The molecular formula is C14H14N2O3. The van der Waals surface area contributed by atoms with Gasteiger partial charge in [-0.3, -0.25) is 9.63 Å². The lowest BCUT2D eigenvalue weighted by Gasteiger charge is -2.12. The number of carboxylic acids is 1. The van der Waals surface area contributed by atoms with Crippen molar-refractivity contribution in [3.63, 3.8) is 0 Å². The van der Waals surface area contributed by atoms with Crippen molar-refractivity contribution >= 4 is 16.9 Å². The summed E-state index contributed by atoms with van der Waals surface area (Å²) in [7, 11) is 0. The zero-order chi connectivity index (χ0) is 13.7. The van der Waals surface area contributed by atoms with Gasteiger partial charge in [0.05, 0.1) is 0 Å². The Hall–Kier alpha value is -2.29. The van der Waals surface area contributed by atoms with Crippen LogP contribution in [-0.2, 0) is 16.1 Å². The summed E-state index contributed by atoms with van der Waals surface area (Å²) in [5, 5.41) is 10.1. The number of terminal acetylenes is 1. The molecule has 3 N–H and O–H groups in total. The van der Waals surface area contributed by atoms with Gasteiger partial charge in [0, 0.05) is 23.5 Å². The van der Waals surface area contributed by atoms with Gasteiger partial charge >= 0.3 is 5.97 Å². The molecule has 5 nitrogen and oxygen atoms in total. The predicted molar refractivity (Wildman–Crippen MR) is 71.3 cm³/mol. The molecule has 0 saturated carbocycles. The van der Waals surface area contributed by atoms with Gasteiger partial charge in [0.1, 0.15) is 12.6 Å². The third-order valence-corrected chi connectivity index (χ3v) is 2.78. The summed E-state index contributed by atoms with van der Waals surface area (Å²) in [5.74, 6) is 1.28. The van der Waals surface area contributed by atoms with E-state index in [1.165, 1.54) is 0 Å². The van der Waals surface area contributed by atoms with Gasteiger partial charge in [-0.1, -0.05) is 24.1 Å². The van der Waals surface area contributed by atoms with E-state index in [1.54, 1.807) is 0 Å². The lowest BCUT2D eigenvalue weighted by molar-refractivity contribution is -0.143. The molecule has 1 unspecified atom stereocenters. The van der Waals surface area contributed by atoms with E-state index < -0.39 is 12.0 Å². The van der Waals surface area contributed by atoms with Crippen molar-refractivity contribution in [3.05, 3.63) is 36.0 Å². The maximum atomic E-state index is 11.2. The largest absolute Gasteiger partial charge is 0.480 e. The van der Waals surface area contributed by atoms with Gasteiger partial charge in [-0.2, -0.15) is 5.48 Å². The number of carbonyl (C=O) groups is 1. The summed E-state index contributed by atoms with van der Waals surface area (Å²) in [6.07, 6.45) is 7.15. The number of carboxylic acid groups (broad SMARTS) is 1. The lowest BCUT2D eigenvalue weighted by Crippen LogP contribution is -2.38. The second-order valence-electron chi connectivity index (χ2n) is 4.07. The molecule has 0 fully saturated rings. The van der Waals surface area contributed by atoms with Crippen LogP contribution >= 0.6 is 0 Å². The summed E-state index contributed by atoms with van der Waals surface area (Å²) in [5.41, 5.74) is 4.36. The van der Waals surface area contributed by atoms with Crippen molar-refractivity contribution in [1.82, 2.24) is 10.5 Å². The molecular weight excluding hydrogens is 244 g/mol. The Morgan fingerprint density at radius 3 is 3.05 bits per heavy atom. The van der Waals surface area contributed by atoms with Crippen molar-refractivity contribution in [2.24, 2.45) is 0 Å². The highest BCUT2D eigenvalue weighted by Gasteiger charge is 2.19. The Labute approximate surface area is 110 Å². The van der Waals surface area contributed by atoms with E-state index in [0.29, 0.717) is 6.42 Å². The quantitative estimate of drug-likeness (QED) is 0.415. The fraction of sp³-hybridized carbons (Fsp3) is 0.214. The van der Waals surface area contributed by atoms with Crippen LogP contribution in [0.15, 0.2) is 30.5 Å². The van der Waals surface area contributed by atoms with Crippen molar-refractivity contribution in [2.45, 2.75) is 12.5 Å². The van der Waals surface area contributed by atoms with E-state index in [2.05, 4.69) is 16.4 Å². The minimum atomic E-state index is -0.984. The van der Waals surface area contributed by atoms with Crippen molar-refractivity contribution < 1.29 is 14.7 Å². The number of hydrogen-bond acceptors (Lipinski definition) is 3. The molecule has 0 spiro atoms. The average molecular weight is 258 g/mol. The Bertz CT molecular complexity index is 612. The van der Waals surface area contributed by atoms with Crippen LogP contribution in [0.4, 0.5) is 0 Å². The maximum Gasteiger partial charge on any atom is 0.323 e. The number of para-hydroxylation sites is 1. The Morgan fingerprint density at radius 1 is 1.53 bits per heavy atom. The molecule has 0 bridgehead atoms. The summed E-state index contributed by atoms with van der Waals surface area (Å²) in [6.45, 7) is 0.0255. The number of H-pyrrole nitrogens is 1. The summed E-state index contributed by atoms with van der Waals surface area (Å²) in [4.78, 5) is 19.1. The Morgan fingerprint density at radius 2 is 2.32 bits per heavy atom. The molecule has 1 aromatic heterocycles. The number of rotatable bonds is 6. The first-order valence-corrected chi connectivity index (χ1v) is 5.81. The molecule has 1 heterocycles. The Kier molecular flexibility index (Phi) is 4.18. The first-order chi connectivity index (χ1) is 9.22. The minimum Gasteiger partial charge on any atom is -0.480 e. The van der Waals surface area contributed by atoms with Gasteiger partial charge in [0.2, 0.25) is 0 Å². The third-order valence-electron chi connectivity index (χ3n) is 2.78. The van der Waals surface area contributed by atoms with E-state index >= 15 is 0 Å². The van der Waals surface area contributed by atoms with Crippen LogP contribution in [0.1, 0.15) is 5.56 Å². The number of hydrogen-bond donors (Lipinski definition) is 3. The highest BCUT2D eigenvalue weighted by molar-refractivity contribution is 5.84. The minimum absolute atomic E-state index is 0.0255. The first kappa shape index (κ1) is 13.1. The number of nitrogens with one attached hydrogen (secondary N) is 2. The zero-order valence-corrected chi connectivity index (χ0v) is 10.2. The van der Waals surface area contributed by atoms with Crippen LogP contribution < -0.4 is 5.48 Å². The molecule has 0 aliphatic heterocycles. The summed E-state index contributed by atoms with van der Waals surface area (Å²) >= 11 is 0. The van der Waals surface area contributed by atoms with Gasteiger partial charge in [-0.05, 0) is 11.6 Å². The van der Waals surface area contributed by atoms with Gasteiger partial charge in [-0.25, -0.2) is 0 Å². The zero-order valence-electron chi connectivity index (χ0n) is 10.2. The number of hydroxylamine groups is 1. The van der Waals surface area contributed by atoms with Crippen LogP contribution in [0, 0.1) is 12.3 Å². The molecule has 0 amide bonds.